The predicted octanol–water partition coefficient (Wildman–Crippen LogP) is 3.79. The van der Waals surface area contributed by atoms with Crippen LogP contribution in [0.4, 0.5) is 27.6 Å². The Hall–Kier alpha value is -2.23. The van der Waals surface area contributed by atoms with E-state index in [4.69, 9.17) is 11.6 Å². The summed E-state index contributed by atoms with van der Waals surface area (Å²) in [6.07, 6.45) is -3.36. The van der Waals surface area contributed by atoms with Crippen LogP contribution in [-0.4, -0.2) is 14.7 Å². The molecule has 0 saturated heterocycles. The van der Waals surface area contributed by atoms with Gasteiger partial charge >= 0.3 is 5.69 Å². The second kappa shape index (κ2) is 5.28. The molecule has 112 valence electrons. The zero-order chi connectivity index (χ0) is 15.9. The van der Waals surface area contributed by atoms with Gasteiger partial charge in [0.25, 0.3) is 6.43 Å². The number of nitrogens with zero attached hydrogens (tertiary/aromatic N) is 3. The lowest BCUT2D eigenvalue weighted by Gasteiger charge is -2.04. The minimum absolute atomic E-state index is 0.135. The van der Waals surface area contributed by atoms with Gasteiger partial charge in [0.15, 0.2) is 17.5 Å². The molecule has 0 amide bonds. The lowest BCUT2D eigenvalue weighted by Crippen LogP contribution is -2.03. The van der Waals surface area contributed by atoms with Gasteiger partial charge in [-0.1, -0.05) is 11.6 Å². The molecular formula is C10H3ClF5N3O2. The minimum atomic E-state index is -3.36. The van der Waals surface area contributed by atoms with Crippen LogP contribution in [0.15, 0.2) is 12.1 Å². The van der Waals surface area contributed by atoms with Gasteiger partial charge in [-0.3, -0.25) is 10.1 Å². The van der Waals surface area contributed by atoms with E-state index >= 15 is 0 Å². The van der Waals surface area contributed by atoms with Crippen LogP contribution < -0.4 is 0 Å². The summed E-state index contributed by atoms with van der Waals surface area (Å²) >= 11 is 5.51. The van der Waals surface area contributed by atoms with Gasteiger partial charge in [0.2, 0.25) is 10.8 Å². The highest BCUT2D eigenvalue weighted by atomic mass is 35.5. The first-order valence-electron chi connectivity index (χ1n) is 5.10. The Balaban J connectivity index is 2.74. The van der Waals surface area contributed by atoms with Gasteiger partial charge in [0, 0.05) is 12.1 Å². The van der Waals surface area contributed by atoms with Gasteiger partial charge in [-0.05, 0) is 0 Å². The van der Waals surface area contributed by atoms with Crippen molar-refractivity contribution in [2.24, 2.45) is 0 Å². The van der Waals surface area contributed by atoms with Gasteiger partial charge < -0.3 is 0 Å². The molecule has 21 heavy (non-hydrogen) atoms. The minimum Gasteiger partial charge on any atom is -0.258 e. The van der Waals surface area contributed by atoms with Crippen molar-refractivity contribution in [2.45, 2.75) is 6.43 Å². The number of rotatable bonds is 3. The molecule has 11 heteroatoms. The van der Waals surface area contributed by atoms with Crippen LogP contribution in [0.25, 0.3) is 5.69 Å². The molecule has 0 saturated carbocycles. The summed E-state index contributed by atoms with van der Waals surface area (Å²) in [6.45, 7) is 0. The molecule has 0 spiro atoms. The van der Waals surface area contributed by atoms with E-state index in [2.05, 4.69) is 5.10 Å². The standard InChI is InChI=1S/C10H3ClF5N3O2/c11-9-8(19(20)21)7(10(15)16)17-18(9)6-2-4(13)3(12)1-5(6)14/h1-2,10H. The van der Waals surface area contributed by atoms with E-state index in [0.29, 0.717) is 6.07 Å². The van der Waals surface area contributed by atoms with E-state index in [1.54, 1.807) is 0 Å². The number of hydrogen-bond donors (Lipinski definition) is 0. The number of benzene rings is 1. The summed E-state index contributed by atoms with van der Waals surface area (Å²) in [5.41, 5.74) is -3.39. The Bertz CT molecular complexity index is 734. The summed E-state index contributed by atoms with van der Waals surface area (Å²) < 4.78 is 65.0. The highest BCUT2D eigenvalue weighted by molar-refractivity contribution is 6.32. The Kier molecular flexibility index (Phi) is 3.81. The van der Waals surface area contributed by atoms with E-state index in [1.807, 2.05) is 0 Å². The topological polar surface area (TPSA) is 61.0 Å². The zero-order valence-corrected chi connectivity index (χ0v) is 10.4. The lowest BCUT2D eigenvalue weighted by atomic mass is 10.3. The van der Waals surface area contributed by atoms with Crippen LogP contribution in [0, 0.1) is 27.6 Å². The summed E-state index contributed by atoms with van der Waals surface area (Å²) in [5.74, 6) is -4.41. The monoisotopic (exact) mass is 327 g/mol. The van der Waals surface area contributed by atoms with E-state index in [-0.39, 0.29) is 10.7 Å². The Labute approximate surface area is 117 Å². The molecule has 0 fully saturated rings. The fourth-order valence-corrected chi connectivity index (χ4v) is 1.85. The van der Waals surface area contributed by atoms with Crippen LogP contribution in [-0.2, 0) is 0 Å². The average Bonchev–Trinajstić information content (AvgIpc) is 2.72. The molecule has 0 N–H and O–H groups in total. The van der Waals surface area contributed by atoms with Gasteiger partial charge in [-0.15, -0.1) is 0 Å². The first-order valence-corrected chi connectivity index (χ1v) is 5.47. The summed E-state index contributed by atoms with van der Waals surface area (Å²) in [7, 11) is 0. The van der Waals surface area contributed by atoms with E-state index in [1.165, 1.54) is 0 Å². The van der Waals surface area contributed by atoms with E-state index in [9.17, 15) is 32.1 Å². The van der Waals surface area contributed by atoms with Crippen molar-refractivity contribution in [3.63, 3.8) is 0 Å². The third-order valence-corrected chi connectivity index (χ3v) is 2.78. The van der Waals surface area contributed by atoms with Crippen molar-refractivity contribution in [3.05, 3.63) is 50.5 Å². The lowest BCUT2D eigenvalue weighted by molar-refractivity contribution is -0.386. The van der Waals surface area contributed by atoms with Gasteiger partial charge in [-0.25, -0.2) is 26.6 Å². The van der Waals surface area contributed by atoms with Crippen molar-refractivity contribution < 1.29 is 26.9 Å². The molecule has 0 aliphatic carbocycles. The second-order valence-electron chi connectivity index (χ2n) is 3.71. The van der Waals surface area contributed by atoms with Crippen molar-refractivity contribution in [1.82, 2.24) is 9.78 Å². The normalized spacial score (nSPS) is 11.2. The summed E-state index contributed by atoms with van der Waals surface area (Å²) in [5, 5.41) is 12.8. The highest BCUT2D eigenvalue weighted by Crippen LogP contribution is 2.36. The number of hydrogen-bond acceptors (Lipinski definition) is 3. The van der Waals surface area contributed by atoms with Crippen molar-refractivity contribution in [2.75, 3.05) is 0 Å². The SMILES string of the molecule is O=[N+]([O-])c1c(C(F)F)nn(-c2cc(F)c(F)cc2F)c1Cl. The smallest absolute Gasteiger partial charge is 0.258 e. The fraction of sp³-hybridized carbons (Fsp3) is 0.100. The fourth-order valence-electron chi connectivity index (χ4n) is 1.55. The molecular weight excluding hydrogens is 325 g/mol. The van der Waals surface area contributed by atoms with Crippen LogP contribution >= 0.6 is 11.6 Å². The van der Waals surface area contributed by atoms with Gasteiger partial charge in [0.05, 0.1) is 4.92 Å². The maximum absolute atomic E-state index is 13.6. The van der Waals surface area contributed by atoms with Crippen LogP contribution in [0.2, 0.25) is 5.15 Å². The van der Waals surface area contributed by atoms with Crippen molar-refractivity contribution in [3.8, 4) is 5.69 Å². The quantitative estimate of drug-likeness (QED) is 0.373. The molecule has 1 heterocycles. The third kappa shape index (κ3) is 2.53. The summed E-state index contributed by atoms with van der Waals surface area (Å²) in [4.78, 5) is 9.47. The number of aromatic nitrogens is 2. The van der Waals surface area contributed by atoms with Crippen LogP contribution in [0.1, 0.15) is 12.1 Å². The maximum Gasteiger partial charge on any atom is 0.335 e. The number of alkyl halides is 2. The third-order valence-electron chi connectivity index (χ3n) is 2.44. The molecule has 1 aromatic heterocycles. The molecule has 0 unspecified atom stereocenters. The van der Waals surface area contributed by atoms with Crippen LogP contribution in [0.5, 0.6) is 0 Å². The molecule has 2 rings (SSSR count). The van der Waals surface area contributed by atoms with Gasteiger partial charge in [0.1, 0.15) is 5.69 Å². The van der Waals surface area contributed by atoms with Gasteiger partial charge in [-0.2, -0.15) is 5.10 Å². The average molecular weight is 328 g/mol. The van der Waals surface area contributed by atoms with Crippen molar-refractivity contribution >= 4 is 17.3 Å². The Morgan fingerprint density at radius 1 is 1.19 bits per heavy atom. The van der Waals surface area contributed by atoms with Crippen molar-refractivity contribution in [1.29, 1.82) is 0 Å². The Morgan fingerprint density at radius 3 is 2.24 bits per heavy atom. The molecule has 0 radical (unpaired) electrons. The van der Waals surface area contributed by atoms with Crippen LogP contribution in [0.3, 0.4) is 0 Å². The molecule has 0 atom stereocenters. The number of nitro groups is 1. The predicted molar refractivity (Wildman–Crippen MR) is 60.1 cm³/mol. The van der Waals surface area contributed by atoms with E-state index in [0.717, 1.165) is 0 Å². The molecule has 1 aromatic carbocycles. The zero-order valence-electron chi connectivity index (χ0n) is 9.66. The number of halogens is 6. The Morgan fingerprint density at radius 2 is 1.76 bits per heavy atom. The highest BCUT2D eigenvalue weighted by Gasteiger charge is 2.33. The first-order chi connectivity index (χ1) is 9.73. The summed E-state index contributed by atoms with van der Waals surface area (Å²) in [6, 6.07) is 0.430. The molecule has 5 nitrogen and oxygen atoms in total. The first kappa shape index (κ1) is 15.2. The van der Waals surface area contributed by atoms with E-state index < -0.39 is 51.0 Å². The maximum atomic E-state index is 13.6. The molecule has 0 aliphatic rings. The molecule has 0 bridgehead atoms. The molecule has 2 aromatic rings. The largest absolute Gasteiger partial charge is 0.335 e. The second-order valence-corrected chi connectivity index (χ2v) is 4.07. The molecule has 0 aliphatic heterocycles.